The van der Waals surface area contributed by atoms with Gasteiger partial charge < -0.3 is 9.84 Å². The first-order valence-electron chi connectivity index (χ1n) is 5.02. The highest BCUT2D eigenvalue weighted by atomic mass is 28.1. The van der Waals surface area contributed by atoms with Gasteiger partial charge in [0, 0.05) is 22.4 Å². The van der Waals surface area contributed by atoms with Crippen molar-refractivity contribution < 1.29 is 14.6 Å². The zero-order chi connectivity index (χ0) is 10.8. The molecule has 0 aromatic heterocycles. The molecule has 14 heavy (non-hydrogen) atoms. The number of hydrogen-bond acceptors (Lipinski definition) is 2. The number of aliphatic carboxylic acids is 1. The van der Waals surface area contributed by atoms with Gasteiger partial charge in [0.25, 0.3) is 0 Å². The van der Waals surface area contributed by atoms with E-state index < -0.39 is 5.97 Å². The van der Waals surface area contributed by atoms with Crippen molar-refractivity contribution in [1.29, 1.82) is 0 Å². The van der Waals surface area contributed by atoms with Crippen LogP contribution in [-0.4, -0.2) is 33.1 Å². The molecule has 0 radical (unpaired) electrons. The molecule has 0 aromatic rings. The minimum atomic E-state index is -0.827. The molecule has 80 valence electrons. The van der Waals surface area contributed by atoms with E-state index >= 15 is 0 Å². The van der Waals surface area contributed by atoms with Crippen molar-refractivity contribution in [3.05, 3.63) is 11.1 Å². The molecule has 1 aliphatic rings. The van der Waals surface area contributed by atoms with Crippen molar-refractivity contribution >= 4 is 16.2 Å². The topological polar surface area (TPSA) is 46.5 Å². The molecule has 1 rings (SSSR count). The Balaban J connectivity index is 2.90. The quantitative estimate of drug-likeness (QED) is 0.543. The molecule has 1 fully saturated rings. The second-order valence-corrected chi connectivity index (χ2v) is 5.71. The van der Waals surface area contributed by atoms with E-state index in [0.29, 0.717) is 5.57 Å². The Kier molecular flexibility index (Phi) is 3.50. The number of carboxylic acid groups (broad SMARTS) is 1. The smallest absolute Gasteiger partial charge is 0.331 e. The summed E-state index contributed by atoms with van der Waals surface area (Å²) in [5.41, 5.74) is 1.36. The van der Waals surface area contributed by atoms with Gasteiger partial charge in [0.15, 0.2) is 0 Å². The zero-order valence-electron chi connectivity index (χ0n) is 9.09. The fraction of sp³-hybridized carbons (Fsp3) is 0.700. The lowest BCUT2D eigenvalue weighted by Crippen LogP contribution is -2.39. The summed E-state index contributed by atoms with van der Waals surface area (Å²) in [6.07, 6.45) is 3.23. The van der Waals surface area contributed by atoms with E-state index in [4.69, 9.17) is 9.84 Å². The summed E-state index contributed by atoms with van der Waals surface area (Å²) < 4.78 is 5.74. The van der Waals surface area contributed by atoms with E-state index in [1.807, 2.05) is 6.92 Å². The van der Waals surface area contributed by atoms with Crippen molar-refractivity contribution in [2.24, 2.45) is 0 Å². The van der Waals surface area contributed by atoms with E-state index in [9.17, 15) is 4.79 Å². The predicted molar refractivity (Wildman–Crippen MR) is 58.5 cm³/mol. The van der Waals surface area contributed by atoms with Crippen molar-refractivity contribution in [1.82, 2.24) is 0 Å². The molecule has 1 saturated heterocycles. The first kappa shape index (κ1) is 11.5. The molecule has 1 heterocycles. The fourth-order valence-electron chi connectivity index (χ4n) is 1.79. The number of carboxylic acids is 1. The second kappa shape index (κ2) is 4.27. The Morgan fingerprint density at radius 1 is 1.43 bits per heavy atom. The molecule has 1 aliphatic heterocycles. The van der Waals surface area contributed by atoms with Gasteiger partial charge in [-0.15, -0.1) is 0 Å². The second-order valence-electron chi connectivity index (χ2n) is 4.09. The van der Waals surface area contributed by atoms with Crippen molar-refractivity contribution in [2.75, 3.05) is 6.61 Å². The van der Waals surface area contributed by atoms with Gasteiger partial charge in [-0.05, 0) is 38.7 Å². The molecule has 0 bridgehead atoms. The van der Waals surface area contributed by atoms with Crippen LogP contribution in [0.5, 0.6) is 0 Å². The Labute approximate surface area is 87.6 Å². The molecule has 1 unspecified atom stereocenters. The van der Waals surface area contributed by atoms with Gasteiger partial charge in [0.2, 0.25) is 0 Å². The lowest BCUT2D eigenvalue weighted by Gasteiger charge is -2.35. The van der Waals surface area contributed by atoms with Gasteiger partial charge in [0.1, 0.15) is 0 Å². The maximum Gasteiger partial charge on any atom is 0.331 e. The molecule has 0 saturated carbocycles. The monoisotopic (exact) mass is 214 g/mol. The Morgan fingerprint density at radius 2 is 2.07 bits per heavy atom. The zero-order valence-corrected chi connectivity index (χ0v) is 11.1. The number of rotatable bonds is 2. The first-order chi connectivity index (χ1) is 6.47. The summed E-state index contributed by atoms with van der Waals surface area (Å²) in [5.74, 6) is -0.827. The third-order valence-electron chi connectivity index (χ3n) is 3.15. The SMILES string of the molecule is CC(C(=O)O)=C(C)C1([SiH3])CCCCO1. The lowest BCUT2D eigenvalue weighted by molar-refractivity contribution is -0.132. The van der Waals surface area contributed by atoms with Gasteiger partial charge in [0.05, 0.1) is 5.22 Å². The largest absolute Gasteiger partial charge is 0.478 e. The lowest BCUT2D eigenvalue weighted by atomic mass is 9.98. The van der Waals surface area contributed by atoms with Crippen LogP contribution in [0.25, 0.3) is 0 Å². The molecule has 1 N–H and O–H groups in total. The van der Waals surface area contributed by atoms with Crippen LogP contribution < -0.4 is 0 Å². The molecule has 1 atom stereocenters. The molecular weight excluding hydrogens is 196 g/mol. The molecule has 0 aromatic carbocycles. The molecule has 4 heteroatoms. The molecule has 0 amide bonds. The highest BCUT2D eigenvalue weighted by molar-refractivity contribution is 6.17. The minimum absolute atomic E-state index is 0.222. The highest BCUT2D eigenvalue weighted by Crippen LogP contribution is 2.30. The summed E-state index contributed by atoms with van der Waals surface area (Å²) in [6, 6.07) is 0. The van der Waals surface area contributed by atoms with Crippen LogP contribution in [0.1, 0.15) is 33.1 Å². The van der Waals surface area contributed by atoms with Crippen LogP contribution in [0.2, 0.25) is 0 Å². The third-order valence-corrected chi connectivity index (χ3v) is 4.68. The fourth-order valence-corrected chi connectivity index (χ4v) is 2.72. The van der Waals surface area contributed by atoms with E-state index in [2.05, 4.69) is 0 Å². The number of hydrogen-bond donors (Lipinski definition) is 1. The highest BCUT2D eigenvalue weighted by Gasteiger charge is 2.31. The van der Waals surface area contributed by atoms with E-state index in [1.165, 1.54) is 0 Å². The first-order valence-corrected chi connectivity index (χ1v) is 6.02. The summed E-state index contributed by atoms with van der Waals surface area (Å²) in [4.78, 5) is 10.8. The van der Waals surface area contributed by atoms with E-state index in [1.54, 1.807) is 6.92 Å². The third kappa shape index (κ3) is 2.25. The van der Waals surface area contributed by atoms with Crippen molar-refractivity contribution in [3.8, 4) is 0 Å². The predicted octanol–water partition coefficient (Wildman–Crippen LogP) is 0.670. The van der Waals surface area contributed by atoms with Crippen molar-refractivity contribution in [2.45, 2.75) is 38.3 Å². The van der Waals surface area contributed by atoms with Crippen LogP contribution in [0.4, 0.5) is 0 Å². The molecular formula is C10H18O3Si. The normalized spacial score (nSPS) is 29.9. The van der Waals surface area contributed by atoms with E-state index in [-0.39, 0.29) is 5.22 Å². The van der Waals surface area contributed by atoms with Gasteiger partial charge in [-0.1, -0.05) is 0 Å². The average Bonchev–Trinajstić information content (AvgIpc) is 2.16. The molecule has 0 spiro atoms. The van der Waals surface area contributed by atoms with Gasteiger partial charge in [-0.25, -0.2) is 4.79 Å². The Bertz CT molecular complexity index is 265. The van der Waals surface area contributed by atoms with Crippen LogP contribution in [0.3, 0.4) is 0 Å². The van der Waals surface area contributed by atoms with Crippen LogP contribution in [0, 0.1) is 0 Å². The van der Waals surface area contributed by atoms with Crippen LogP contribution >= 0.6 is 0 Å². The van der Waals surface area contributed by atoms with Crippen LogP contribution in [0.15, 0.2) is 11.1 Å². The molecule has 0 aliphatic carbocycles. The van der Waals surface area contributed by atoms with E-state index in [0.717, 1.165) is 41.7 Å². The number of carbonyl (C=O) groups is 1. The minimum Gasteiger partial charge on any atom is -0.478 e. The maximum atomic E-state index is 10.8. The van der Waals surface area contributed by atoms with Gasteiger partial charge in [-0.2, -0.15) is 0 Å². The average molecular weight is 214 g/mol. The van der Waals surface area contributed by atoms with Crippen LogP contribution in [-0.2, 0) is 9.53 Å². The summed E-state index contributed by atoms with van der Waals surface area (Å²) in [5, 5.41) is 8.68. The molecule has 3 nitrogen and oxygen atoms in total. The number of ether oxygens (including phenoxy) is 1. The Morgan fingerprint density at radius 3 is 2.50 bits per heavy atom. The summed E-state index contributed by atoms with van der Waals surface area (Å²) in [7, 11) is 0.864. The summed E-state index contributed by atoms with van der Waals surface area (Å²) in [6.45, 7) is 4.32. The maximum absolute atomic E-state index is 10.8. The standard InChI is InChI=1S/C10H18O3Si/c1-7(9(11)12)8(2)10(14)5-3-4-6-13-10/h3-6H2,1-2,14H3,(H,11,12). The van der Waals surface area contributed by atoms with Gasteiger partial charge >= 0.3 is 5.97 Å². The van der Waals surface area contributed by atoms with Gasteiger partial charge in [-0.3, -0.25) is 0 Å². The van der Waals surface area contributed by atoms with Crippen molar-refractivity contribution in [3.63, 3.8) is 0 Å². The summed E-state index contributed by atoms with van der Waals surface area (Å²) >= 11 is 0. The Hall–Kier alpha value is -0.613.